The zero-order chi connectivity index (χ0) is 30.5. The van der Waals surface area contributed by atoms with E-state index in [1.807, 2.05) is 37.3 Å². The molecule has 0 bridgehead atoms. The first kappa shape index (κ1) is 29.4. The summed E-state index contributed by atoms with van der Waals surface area (Å²) in [5.74, 6) is -2.47. The second-order valence-electron chi connectivity index (χ2n) is 10.8. The van der Waals surface area contributed by atoms with E-state index in [-0.39, 0.29) is 56.3 Å². The van der Waals surface area contributed by atoms with Gasteiger partial charge in [0.15, 0.2) is 0 Å². The van der Waals surface area contributed by atoms with Gasteiger partial charge < -0.3 is 10.6 Å². The predicted molar refractivity (Wildman–Crippen MR) is 157 cm³/mol. The number of carbonyl (C=O) groups is 6. The maximum atomic E-state index is 13.0. The van der Waals surface area contributed by atoms with Crippen molar-refractivity contribution in [2.24, 2.45) is 5.92 Å². The summed E-state index contributed by atoms with van der Waals surface area (Å²) >= 11 is 0. The van der Waals surface area contributed by atoms with Crippen molar-refractivity contribution in [3.63, 3.8) is 0 Å². The first-order chi connectivity index (χ1) is 20.7. The van der Waals surface area contributed by atoms with E-state index in [1.54, 1.807) is 48.5 Å². The van der Waals surface area contributed by atoms with E-state index in [9.17, 15) is 28.8 Å². The molecular weight excluding hydrogens is 548 g/mol. The van der Waals surface area contributed by atoms with Gasteiger partial charge in [-0.1, -0.05) is 61.5 Å². The van der Waals surface area contributed by atoms with Crippen molar-refractivity contribution in [2.45, 2.75) is 32.2 Å². The third-order valence-electron chi connectivity index (χ3n) is 7.83. The predicted octanol–water partition coefficient (Wildman–Crippen LogP) is 2.84. The molecule has 0 aliphatic carbocycles. The van der Waals surface area contributed by atoms with Gasteiger partial charge in [0.25, 0.3) is 23.6 Å². The van der Waals surface area contributed by atoms with E-state index in [0.717, 1.165) is 15.4 Å². The van der Waals surface area contributed by atoms with Gasteiger partial charge in [0.05, 0.1) is 22.3 Å². The summed E-state index contributed by atoms with van der Waals surface area (Å²) in [7, 11) is 0. The maximum Gasteiger partial charge on any atom is 0.261 e. The minimum Gasteiger partial charge on any atom is -0.356 e. The van der Waals surface area contributed by atoms with Gasteiger partial charge in [0.1, 0.15) is 0 Å². The topological polar surface area (TPSA) is 133 Å². The van der Waals surface area contributed by atoms with E-state index in [1.165, 1.54) is 0 Å². The van der Waals surface area contributed by atoms with Gasteiger partial charge in [0, 0.05) is 38.5 Å². The van der Waals surface area contributed by atoms with E-state index in [0.29, 0.717) is 28.7 Å². The molecule has 2 N–H and O–H groups in total. The first-order valence-corrected chi connectivity index (χ1v) is 14.2. The molecule has 2 heterocycles. The number of imide groups is 2. The molecule has 1 unspecified atom stereocenters. The monoisotopic (exact) mass is 580 g/mol. The van der Waals surface area contributed by atoms with Crippen molar-refractivity contribution in [1.82, 2.24) is 20.4 Å². The average molecular weight is 581 g/mol. The molecule has 0 saturated carbocycles. The molecule has 0 radical (unpaired) electrons. The fourth-order valence-corrected chi connectivity index (χ4v) is 5.36. The van der Waals surface area contributed by atoms with Crippen LogP contribution in [0, 0.1) is 5.92 Å². The van der Waals surface area contributed by atoms with Crippen LogP contribution in [0.25, 0.3) is 0 Å². The van der Waals surface area contributed by atoms with Crippen LogP contribution in [-0.2, 0) is 16.0 Å². The standard InChI is InChI=1S/C33H32N4O6/c1-21(20-34-28(38)15-17-36-30(40)23-11-5-6-12-24(23)31(36)41)27(19-22-9-3-2-4-10-22)35-29(39)16-18-37-32(42)25-13-7-8-14-26(25)33(37)43/h2-14,21,27H,15-20H2,1H3,(H,34,38)(H,35,39)/t21?,27-/m0/s1. The molecule has 0 fully saturated rings. The number of rotatable bonds is 12. The lowest BCUT2D eigenvalue weighted by Gasteiger charge is -2.26. The Labute approximate surface area is 249 Å². The molecule has 2 atom stereocenters. The molecule has 2 aliphatic heterocycles. The molecule has 2 aliphatic rings. The molecule has 0 spiro atoms. The summed E-state index contributed by atoms with van der Waals surface area (Å²) in [5.41, 5.74) is 2.34. The quantitative estimate of drug-likeness (QED) is 0.317. The Kier molecular flexibility index (Phi) is 8.75. The normalized spacial score (nSPS) is 15.3. The van der Waals surface area contributed by atoms with Crippen LogP contribution in [0.5, 0.6) is 0 Å². The molecule has 6 amide bonds. The van der Waals surface area contributed by atoms with Gasteiger partial charge in [0.2, 0.25) is 11.8 Å². The zero-order valence-corrected chi connectivity index (χ0v) is 23.7. The Morgan fingerprint density at radius 2 is 1.05 bits per heavy atom. The smallest absolute Gasteiger partial charge is 0.261 e. The highest BCUT2D eigenvalue weighted by Gasteiger charge is 2.36. The van der Waals surface area contributed by atoms with Crippen LogP contribution >= 0.6 is 0 Å². The fraction of sp³-hybridized carbons (Fsp3) is 0.273. The molecule has 3 aromatic carbocycles. The van der Waals surface area contributed by atoms with Crippen LogP contribution in [0.15, 0.2) is 78.9 Å². The minimum atomic E-state index is -0.411. The molecule has 0 aromatic heterocycles. The van der Waals surface area contributed by atoms with Crippen molar-refractivity contribution >= 4 is 35.4 Å². The van der Waals surface area contributed by atoms with Gasteiger partial charge in [-0.05, 0) is 42.2 Å². The van der Waals surface area contributed by atoms with E-state index >= 15 is 0 Å². The summed E-state index contributed by atoms with van der Waals surface area (Å²) in [6.45, 7) is 2.08. The van der Waals surface area contributed by atoms with Crippen LogP contribution in [0.3, 0.4) is 0 Å². The van der Waals surface area contributed by atoms with Crippen LogP contribution in [0.2, 0.25) is 0 Å². The molecule has 0 saturated heterocycles. The summed E-state index contributed by atoms with van der Waals surface area (Å²) in [6, 6.07) is 22.4. The van der Waals surface area contributed by atoms with Crippen molar-refractivity contribution in [2.75, 3.05) is 19.6 Å². The van der Waals surface area contributed by atoms with Gasteiger partial charge in [-0.15, -0.1) is 0 Å². The molecular formula is C33H32N4O6. The minimum absolute atomic E-state index is 0.0332. The number of nitrogens with zero attached hydrogens (tertiary/aromatic N) is 2. The summed E-state index contributed by atoms with van der Waals surface area (Å²) < 4.78 is 0. The largest absolute Gasteiger partial charge is 0.356 e. The van der Waals surface area contributed by atoms with Gasteiger partial charge >= 0.3 is 0 Å². The molecule has 3 aromatic rings. The Bertz CT molecular complexity index is 1520. The second kappa shape index (κ2) is 12.8. The molecule has 10 nitrogen and oxygen atoms in total. The number of hydrogen-bond donors (Lipinski definition) is 2. The van der Waals surface area contributed by atoms with Crippen molar-refractivity contribution in [3.05, 3.63) is 107 Å². The van der Waals surface area contributed by atoms with Crippen LogP contribution in [0.4, 0.5) is 0 Å². The number of benzene rings is 3. The molecule has 220 valence electrons. The lowest BCUT2D eigenvalue weighted by Crippen LogP contribution is -2.46. The SMILES string of the molecule is CC(CNC(=O)CCN1C(=O)c2ccccc2C1=O)[C@H](Cc1ccccc1)NC(=O)CCN1C(=O)c2ccccc2C1=O. The van der Waals surface area contributed by atoms with E-state index in [4.69, 9.17) is 0 Å². The first-order valence-electron chi connectivity index (χ1n) is 14.2. The zero-order valence-electron chi connectivity index (χ0n) is 23.7. The Hall–Kier alpha value is -5.12. The van der Waals surface area contributed by atoms with Crippen molar-refractivity contribution in [3.8, 4) is 0 Å². The van der Waals surface area contributed by atoms with Crippen LogP contribution in [-0.4, -0.2) is 70.9 Å². The number of carbonyl (C=O) groups excluding carboxylic acids is 6. The summed E-state index contributed by atoms with van der Waals surface area (Å²) in [4.78, 5) is 78.4. The van der Waals surface area contributed by atoms with Gasteiger partial charge in [-0.3, -0.25) is 38.6 Å². The second-order valence-corrected chi connectivity index (χ2v) is 10.8. The van der Waals surface area contributed by atoms with Gasteiger partial charge in [-0.2, -0.15) is 0 Å². The number of fused-ring (bicyclic) bond motifs is 2. The summed E-state index contributed by atoms with van der Waals surface area (Å²) in [6.07, 6.45) is 0.399. The Balaban J connectivity index is 1.14. The lowest BCUT2D eigenvalue weighted by molar-refractivity contribution is -0.122. The number of hydrogen-bond acceptors (Lipinski definition) is 6. The van der Waals surface area contributed by atoms with Crippen molar-refractivity contribution in [1.29, 1.82) is 0 Å². The highest BCUT2D eigenvalue weighted by Crippen LogP contribution is 2.23. The lowest BCUT2D eigenvalue weighted by atomic mass is 9.94. The molecule has 10 heteroatoms. The van der Waals surface area contributed by atoms with E-state index in [2.05, 4.69) is 10.6 Å². The molecule has 5 rings (SSSR count). The third kappa shape index (κ3) is 6.38. The highest BCUT2D eigenvalue weighted by atomic mass is 16.2. The van der Waals surface area contributed by atoms with Crippen LogP contribution < -0.4 is 10.6 Å². The number of amides is 6. The number of nitrogens with one attached hydrogen (secondary N) is 2. The Morgan fingerprint density at radius 1 is 0.628 bits per heavy atom. The summed E-state index contributed by atoms with van der Waals surface area (Å²) in [5, 5.41) is 5.88. The van der Waals surface area contributed by atoms with Crippen molar-refractivity contribution < 1.29 is 28.8 Å². The van der Waals surface area contributed by atoms with E-state index < -0.39 is 23.6 Å². The van der Waals surface area contributed by atoms with Gasteiger partial charge in [-0.25, -0.2) is 0 Å². The third-order valence-corrected chi connectivity index (χ3v) is 7.83. The Morgan fingerprint density at radius 3 is 1.51 bits per heavy atom. The molecule has 43 heavy (non-hydrogen) atoms. The maximum absolute atomic E-state index is 13.0. The average Bonchev–Trinajstić information content (AvgIpc) is 3.41. The fourth-order valence-electron chi connectivity index (χ4n) is 5.36. The highest BCUT2D eigenvalue weighted by molar-refractivity contribution is 6.22. The van der Waals surface area contributed by atoms with Crippen LogP contribution in [0.1, 0.15) is 66.8 Å².